The number of hydrogen-bond donors (Lipinski definition) is 3. The van der Waals surface area contributed by atoms with Crippen molar-refractivity contribution in [3.63, 3.8) is 0 Å². The zero-order chi connectivity index (χ0) is 19.5. The van der Waals surface area contributed by atoms with Gasteiger partial charge in [-0.2, -0.15) is 4.31 Å². The van der Waals surface area contributed by atoms with Gasteiger partial charge in [-0.25, -0.2) is 13.2 Å². The normalized spacial score (nSPS) is 18.1. The van der Waals surface area contributed by atoms with E-state index >= 15 is 0 Å². The number of aliphatic hydroxyl groups excluding tert-OH is 1. The van der Waals surface area contributed by atoms with Crippen molar-refractivity contribution in [2.24, 2.45) is 0 Å². The topological polar surface area (TPSA) is 124 Å². The molecule has 144 valence electrons. The quantitative estimate of drug-likeness (QED) is 0.651. The van der Waals surface area contributed by atoms with Gasteiger partial charge in [-0.3, -0.25) is 4.79 Å². The van der Waals surface area contributed by atoms with Crippen LogP contribution in [0, 0.1) is 0 Å². The van der Waals surface area contributed by atoms with Gasteiger partial charge in [0.15, 0.2) is 6.04 Å². The Balaban J connectivity index is 2.31. The number of carboxylic acid groups (broad SMARTS) is 1. The predicted octanol–water partition coefficient (Wildman–Crippen LogP) is 1.08. The fraction of sp³-hybridized carbons (Fsp3) is 0.500. The van der Waals surface area contributed by atoms with E-state index in [1.807, 2.05) is 0 Å². The zero-order valence-corrected chi connectivity index (χ0v) is 15.8. The van der Waals surface area contributed by atoms with Gasteiger partial charge in [-0.1, -0.05) is 18.0 Å². The highest BCUT2D eigenvalue weighted by molar-refractivity contribution is 7.89. The number of amides is 1. The van der Waals surface area contributed by atoms with Gasteiger partial charge in [0, 0.05) is 18.7 Å². The van der Waals surface area contributed by atoms with Gasteiger partial charge in [-0.15, -0.1) is 0 Å². The molecule has 1 heterocycles. The molecule has 1 aromatic carbocycles. The maximum Gasteiger partial charge on any atom is 0.328 e. The first-order chi connectivity index (χ1) is 12.1. The minimum absolute atomic E-state index is 0.0163. The first-order valence-corrected chi connectivity index (χ1v) is 9.98. The maximum atomic E-state index is 12.8. The molecule has 1 amide bonds. The van der Waals surface area contributed by atoms with E-state index in [1.54, 1.807) is 0 Å². The van der Waals surface area contributed by atoms with Crippen LogP contribution in [0.5, 0.6) is 0 Å². The predicted molar refractivity (Wildman–Crippen MR) is 94.6 cm³/mol. The number of rotatable bonds is 6. The summed E-state index contributed by atoms with van der Waals surface area (Å²) in [6.45, 7) is 2.00. The molecule has 0 aliphatic carbocycles. The van der Waals surface area contributed by atoms with E-state index in [2.05, 4.69) is 5.32 Å². The van der Waals surface area contributed by atoms with Crippen molar-refractivity contribution in [1.82, 2.24) is 9.62 Å². The molecule has 2 rings (SSSR count). The number of carbonyl (C=O) groups is 2. The molecule has 3 N–H and O–H groups in total. The van der Waals surface area contributed by atoms with Crippen LogP contribution in [0.25, 0.3) is 0 Å². The van der Waals surface area contributed by atoms with E-state index in [9.17, 15) is 23.1 Å². The summed E-state index contributed by atoms with van der Waals surface area (Å²) in [5, 5.41) is 20.7. The van der Waals surface area contributed by atoms with Crippen LogP contribution in [0.2, 0.25) is 5.02 Å². The second kappa shape index (κ2) is 8.34. The van der Waals surface area contributed by atoms with Crippen LogP contribution in [0.3, 0.4) is 0 Å². The van der Waals surface area contributed by atoms with Crippen LogP contribution in [0.15, 0.2) is 23.1 Å². The van der Waals surface area contributed by atoms with Crippen molar-refractivity contribution in [3.8, 4) is 0 Å². The largest absolute Gasteiger partial charge is 0.480 e. The van der Waals surface area contributed by atoms with Crippen molar-refractivity contribution in [1.29, 1.82) is 0 Å². The number of sulfonamides is 1. The lowest BCUT2D eigenvalue weighted by molar-refractivity contribution is -0.141. The number of nitrogens with one attached hydrogen (secondary N) is 1. The molecule has 1 aromatic rings. The van der Waals surface area contributed by atoms with Crippen LogP contribution in [0.4, 0.5) is 0 Å². The zero-order valence-electron chi connectivity index (χ0n) is 14.2. The van der Waals surface area contributed by atoms with Gasteiger partial charge in [0.2, 0.25) is 10.0 Å². The molecule has 0 unspecified atom stereocenters. The van der Waals surface area contributed by atoms with Gasteiger partial charge in [0.25, 0.3) is 5.91 Å². The lowest BCUT2D eigenvalue weighted by Crippen LogP contribution is -2.47. The summed E-state index contributed by atoms with van der Waals surface area (Å²) in [7, 11) is -3.85. The lowest BCUT2D eigenvalue weighted by atomic mass is 10.1. The fourth-order valence-corrected chi connectivity index (χ4v) is 4.72. The average Bonchev–Trinajstić information content (AvgIpc) is 2.59. The molecule has 8 nitrogen and oxygen atoms in total. The highest BCUT2D eigenvalue weighted by Gasteiger charge is 2.30. The van der Waals surface area contributed by atoms with Gasteiger partial charge in [0.05, 0.1) is 11.1 Å². The highest BCUT2D eigenvalue weighted by Crippen LogP contribution is 2.28. The van der Waals surface area contributed by atoms with E-state index in [4.69, 9.17) is 16.7 Å². The Morgan fingerprint density at radius 1 is 1.23 bits per heavy atom. The van der Waals surface area contributed by atoms with Crippen LogP contribution in [0.1, 0.15) is 36.5 Å². The molecule has 1 aliphatic rings. The van der Waals surface area contributed by atoms with E-state index in [0.29, 0.717) is 13.1 Å². The third-order valence-electron chi connectivity index (χ3n) is 4.16. The van der Waals surface area contributed by atoms with Crippen LogP contribution in [-0.2, 0) is 14.8 Å². The summed E-state index contributed by atoms with van der Waals surface area (Å²) in [5.74, 6) is -2.21. The third kappa shape index (κ3) is 4.53. The Morgan fingerprint density at radius 2 is 1.85 bits per heavy atom. The summed E-state index contributed by atoms with van der Waals surface area (Å²) in [5.41, 5.74) is -0.0584. The molecule has 26 heavy (non-hydrogen) atoms. The third-order valence-corrected chi connectivity index (χ3v) is 6.54. The maximum absolute atomic E-state index is 12.8. The number of benzene rings is 1. The molecular weight excluding hydrogens is 384 g/mol. The number of aliphatic carboxylic acids is 1. The number of piperidine rings is 1. The minimum atomic E-state index is -3.85. The van der Waals surface area contributed by atoms with E-state index in [1.165, 1.54) is 23.4 Å². The van der Waals surface area contributed by atoms with Crippen molar-refractivity contribution in [3.05, 3.63) is 28.8 Å². The molecule has 0 aromatic heterocycles. The van der Waals surface area contributed by atoms with Gasteiger partial charge >= 0.3 is 5.97 Å². The van der Waals surface area contributed by atoms with Crippen molar-refractivity contribution >= 4 is 33.5 Å². The van der Waals surface area contributed by atoms with Gasteiger partial charge in [0.1, 0.15) is 4.90 Å². The standard InChI is InChI=1S/C16H21ClN2O6S/c1-10(20)14(16(22)23)18-15(21)11-5-6-12(17)13(9-11)26(24,25)19-7-3-2-4-8-19/h5-6,9-10,14,20H,2-4,7-8H2,1H3,(H,18,21)(H,22,23)/t10-,14-/m0/s1. The smallest absolute Gasteiger partial charge is 0.328 e. The van der Waals surface area contributed by atoms with Crippen LogP contribution >= 0.6 is 11.6 Å². The number of nitrogens with zero attached hydrogens (tertiary/aromatic N) is 1. The molecule has 0 bridgehead atoms. The molecular formula is C16H21ClN2O6S. The average molecular weight is 405 g/mol. The molecule has 1 aliphatic heterocycles. The highest BCUT2D eigenvalue weighted by atomic mass is 35.5. The minimum Gasteiger partial charge on any atom is -0.480 e. The SMILES string of the molecule is C[C@H](O)[C@H](NC(=O)c1ccc(Cl)c(S(=O)(=O)N2CCCCC2)c1)C(=O)O. The summed E-state index contributed by atoms with van der Waals surface area (Å²) < 4.78 is 26.9. The van der Waals surface area contributed by atoms with Crippen molar-refractivity contribution < 1.29 is 28.2 Å². The Labute approximate surface area is 156 Å². The molecule has 2 atom stereocenters. The molecule has 0 saturated carbocycles. The number of carbonyl (C=O) groups excluding carboxylic acids is 1. The Hall–Kier alpha value is -1.68. The summed E-state index contributed by atoms with van der Waals surface area (Å²) in [6.07, 6.45) is 1.15. The van der Waals surface area contributed by atoms with Crippen molar-refractivity contribution in [2.45, 2.75) is 43.2 Å². The van der Waals surface area contributed by atoms with Crippen LogP contribution in [-0.4, -0.2) is 60.0 Å². The van der Waals surface area contributed by atoms with Gasteiger partial charge in [-0.05, 0) is 38.0 Å². The van der Waals surface area contributed by atoms with E-state index in [0.717, 1.165) is 25.3 Å². The van der Waals surface area contributed by atoms with Gasteiger partial charge < -0.3 is 15.5 Å². The number of halogens is 1. The summed E-state index contributed by atoms with van der Waals surface area (Å²) in [6, 6.07) is 2.20. The second-order valence-corrected chi connectivity index (χ2v) is 8.45. The first kappa shape index (κ1) is 20.6. The van der Waals surface area contributed by atoms with Crippen LogP contribution < -0.4 is 5.32 Å². The molecule has 1 fully saturated rings. The first-order valence-electron chi connectivity index (χ1n) is 8.16. The number of aliphatic hydroxyl groups is 1. The number of hydrogen-bond acceptors (Lipinski definition) is 5. The summed E-state index contributed by atoms with van der Waals surface area (Å²) >= 11 is 6.04. The molecule has 1 saturated heterocycles. The van der Waals surface area contributed by atoms with E-state index < -0.39 is 34.0 Å². The lowest BCUT2D eigenvalue weighted by Gasteiger charge is -2.26. The van der Waals surface area contributed by atoms with E-state index in [-0.39, 0.29) is 15.5 Å². The second-order valence-electron chi connectivity index (χ2n) is 6.14. The summed E-state index contributed by atoms with van der Waals surface area (Å²) in [4.78, 5) is 23.2. The van der Waals surface area contributed by atoms with Crippen molar-refractivity contribution in [2.75, 3.05) is 13.1 Å². The fourth-order valence-electron chi connectivity index (χ4n) is 2.70. The molecule has 10 heteroatoms. The molecule has 0 spiro atoms. The Morgan fingerprint density at radius 3 is 2.38 bits per heavy atom. The number of carboxylic acids is 1. The monoisotopic (exact) mass is 404 g/mol. The Bertz CT molecular complexity index is 790. The molecule has 0 radical (unpaired) electrons. The Kier molecular flexibility index (Phi) is 6.62.